The molecule has 1 saturated heterocycles. The van der Waals surface area contributed by atoms with E-state index < -0.39 is 23.4 Å². The summed E-state index contributed by atoms with van der Waals surface area (Å²) in [6.45, 7) is 1.20. The minimum atomic E-state index is -4.71. The summed E-state index contributed by atoms with van der Waals surface area (Å²) in [6, 6.07) is 1.48. The second kappa shape index (κ2) is 6.27. The molecular formula is C11H12ClF3N2O3. The van der Waals surface area contributed by atoms with Crippen LogP contribution in [0.1, 0.15) is 22.5 Å². The lowest BCUT2D eigenvalue weighted by atomic mass is 10.2. The van der Waals surface area contributed by atoms with Crippen LogP contribution in [0.25, 0.3) is 0 Å². The zero-order valence-electron chi connectivity index (χ0n) is 10.1. The van der Waals surface area contributed by atoms with E-state index in [4.69, 9.17) is 9.84 Å². The van der Waals surface area contributed by atoms with Gasteiger partial charge in [0.2, 0.25) is 5.88 Å². The molecule has 2 N–H and O–H groups in total. The highest BCUT2D eigenvalue weighted by atomic mass is 35.5. The summed E-state index contributed by atoms with van der Waals surface area (Å²) in [5.41, 5.74) is -1.77. The third-order valence-electron chi connectivity index (χ3n) is 2.64. The minimum Gasteiger partial charge on any atom is -0.478 e. The fraction of sp³-hybridized carbons (Fsp3) is 0.455. The van der Waals surface area contributed by atoms with Gasteiger partial charge in [0.1, 0.15) is 11.8 Å². The van der Waals surface area contributed by atoms with Crippen LogP contribution < -0.4 is 10.1 Å². The number of aromatic nitrogens is 1. The molecule has 1 aromatic heterocycles. The van der Waals surface area contributed by atoms with E-state index in [1.54, 1.807) is 0 Å². The first-order valence-corrected chi connectivity index (χ1v) is 5.56. The van der Waals surface area contributed by atoms with Crippen molar-refractivity contribution in [1.82, 2.24) is 10.3 Å². The number of carboxylic acid groups (broad SMARTS) is 1. The van der Waals surface area contributed by atoms with Gasteiger partial charge in [0.05, 0.1) is 5.56 Å². The molecule has 1 aliphatic heterocycles. The maximum atomic E-state index is 12.6. The predicted molar refractivity (Wildman–Crippen MR) is 65.3 cm³/mol. The zero-order valence-corrected chi connectivity index (χ0v) is 10.9. The molecule has 0 aromatic carbocycles. The van der Waals surface area contributed by atoms with Crippen LogP contribution in [0, 0.1) is 0 Å². The quantitative estimate of drug-likeness (QED) is 0.893. The highest BCUT2D eigenvalue weighted by Gasteiger charge is 2.34. The number of halogens is 4. The van der Waals surface area contributed by atoms with E-state index >= 15 is 0 Å². The smallest absolute Gasteiger partial charge is 0.433 e. The highest BCUT2D eigenvalue weighted by Crippen LogP contribution is 2.30. The molecule has 9 heteroatoms. The fourth-order valence-corrected chi connectivity index (χ4v) is 1.73. The van der Waals surface area contributed by atoms with Crippen LogP contribution in [0.4, 0.5) is 13.2 Å². The molecule has 1 aliphatic rings. The largest absolute Gasteiger partial charge is 0.478 e. The lowest BCUT2D eigenvalue weighted by Gasteiger charge is -2.14. The normalized spacial score (nSPS) is 18.4. The Morgan fingerprint density at radius 1 is 1.45 bits per heavy atom. The van der Waals surface area contributed by atoms with Crippen LogP contribution in [0.2, 0.25) is 0 Å². The summed E-state index contributed by atoms with van der Waals surface area (Å²) >= 11 is 0. The Labute approximate surface area is 118 Å². The first-order valence-electron chi connectivity index (χ1n) is 5.56. The lowest BCUT2D eigenvalue weighted by molar-refractivity contribution is -0.141. The van der Waals surface area contributed by atoms with Crippen molar-refractivity contribution < 1.29 is 27.8 Å². The van der Waals surface area contributed by atoms with Gasteiger partial charge >= 0.3 is 12.1 Å². The number of nitrogens with zero attached hydrogens (tertiary/aromatic N) is 1. The third-order valence-corrected chi connectivity index (χ3v) is 2.64. The molecule has 1 fully saturated rings. The van der Waals surface area contributed by atoms with Gasteiger partial charge < -0.3 is 15.2 Å². The molecule has 0 aliphatic carbocycles. The summed E-state index contributed by atoms with van der Waals surface area (Å²) in [6.07, 6.45) is -4.37. The minimum absolute atomic E-state index is 0. The van der Waals surface area contributed by atoms with Crippen molar-refractivity contribution in [2.45, 2.75) is 18.7 Å². The van der Waals surface area contributed by atoms with Crippen molar-refractivity contribution in [2.24, 2.45) is 0 Å². The molecule has 0 saturated carbocycles. The Hall–Kier alpha value is -1.54. The van der Waals surface area contributed by atoms with Crippen LogP contribution in [-0.4, -0.2) is 35.3 Å². The van der Waals surface area contributed by atoms with Gasteiger partial charge in [-0.05, 0) is 19.0 Å². The molecule has 2 heterocycles. The van der Waals surface area contributed by atoms with E-state index in [0.717, 1.165) is 6.07 Å². The number of carbonyl (C=O) groups is 1. The molecule has 5 nitrogen and oxygen atoms in total. The molecule has 1 atom stereocenters. The van der Waals surface area contributed by atoms with Crippen molar-refractivity contribution in [3.8, 4) is 5.88 Å². The van der Waals surface area contributed by atoms with Crippen LogP contribution in [0.5, 0.6) is 5.88 Å². The van der Waals surface area contributed by atoms with E-state index in [1.165, 1.54) is 0 Å². The van der Waals surface area contributed by atoms with Gasteiger partial charge in [-0.2, -0.15) is 13.2 Å². The third kappa shape index (κ3) is 3.97. The van der Waals surface area contributed by atoms with Gasteiger partial charge in [-0.15, -0.1) is 12.4 Å². The average molecular weight is 313 g/mol. The van der Waals surface area contributed by atoms with Crippen LogP contribution in [-0.2, 0) is 6.18 Å². The first kappa shape index (κ1) is 16.5. The number of pyridine rings is 1. The van der Waals surface area contributed by atoms with Crippen LogP contribution in [0.15, 0.2) is 12.1 Å². The lowest BCUT2D eigenvalue weighted by Crippen LogP contribution is -2.21. The van der Waals surface area contributed by atoms with Crippen molar-refractivity contribution in [3.63, 3.8) is 0 Å². The van der Waals surface area contributed by atoms with E-state index in [2.05, 4.69) is 10.3 Å². The van der Waals surface area contributed by atoms with E-state index in [1.807, 2.05) is 0 Å². The van der Waals surface area contributed by atoms with Crippen LogP contribution >= 0.6 is 12.4 Å². The number of hydrogen-bond donors (Lipinski definition) is 2. The van der Waals surface area contributed by atoms with Crippen molar-refractivity contribution in [2.75, 3.05) is 13.1 Å². The molecule has 0 unspecified atom stereocenters. The van der Waals surface area contributed by atoms with Gasteiger partial charge in [0.25, 0.3) is 0 Å². The number of alkyl halides is 3. The van der Waals surface area contributed by atoms with Crippen molar-refractivity contribution >= 4 is 18.4 Å². The molecule has 0 bridgehead atoms. The average Bonchev–Trinajstić information content (AvgIpc) is 2.80. The molecule has 0 radical (unpaired) electrons. The summed E-state index contributed by atoms with van der Waals surface area (Å²) in [4.78, 5) is 14.1. The molecular weight excluding hydrogens is 301 g/mol. The summed E-state index contributed by atoms with van der Waals surface area (Å²) in [5, 5.41) is 11.8. The number of carboxylic acids is 1. The second-order valence-electron chi connectivity index (χ2n) is 4.11. The van der Waals surface area contributed by atoms with E-state index in [-0.39, 0.29) is 24.4 Å². The highest BCUT2D eigenvalue weighted by molar-refractivity contribution is 5.88. The second-order valence-corrected chi connectivity index (χ2v) is 4.11. The monoisotopic (exact) mass is 312 g/mol. The first-order chi connectivity index (χ1) is 8.86. The Balaban J connectivity index is 0.00000200. The summed E-state index contributed by atoms with van der Waals surface area (Å²) < 4.78 is 43.1. The standard InChI is InChI=1S/C11H11F3N2O3.ClH/c12-11(13,14)8-3-6(10(17)18)4-9(16-8)19-7-1-2-15-5-7;/h3-4,7,15H,1-2,5H2,(H,17,18);1H/t7-;/m1./s1. The molecule has 2 rings (SSSR count). The summed E-state index contributed by atoms with van der Waals surface area (Å²) in [5.74, 6) is -1.77. The number of rotatable bonds is 3. The van der Waals surface area contributed by atoms with E-state index in [0.29, 0.717) is 25.6 Å². The number of hydrogen-bond acceptors (Lipinski definition) is 4. The van der Waals surface area contributed by atoms with Crippen molar-refractivity contribution in [1.29, 1.82) is 0 Å². The molecule has 0 spiro atoms. The topological polar surface area (TPSA) is 71.5 Å². The van der Waals surface area contributed by atoms with Gasteiger partial charge in [-0.3, -0.25) is 0 Å². The zero-order chi connectivity index (χ0) is 14.0. The Kier molecular flexibility index (Phi) is 5.18. The van der Waals surface area contributed by atoms with Crippen LogP contribution in [0.3, 0.4) is 0 Å². The number of ether oxygens (including phenoxy) is 1. The number of nitrogens with one attached hydrogen (secondary N) is 1. The molecule has 1 aromatic rings. The Morgan fingerprint density at radius 2 is 2.15 bits per heavy atom. The van der Waals surface area contributed by atoms with Gasteiger partial charge in [-0.25, -0.2) is 9.78 Å². The predicted octanol–water partition coefficient (Wildman–Crippen LogP) is 1.96. The fourth-order valence-electron chi connectivity index (χ4n) is 1.73. The van der Waals surface area contributed by atoms with Gasteiger partial charge in [0.15, 0.2) is 0 Å². The van der Waals surface area contributed by atoms with Gasteiger partial charge in [-0.1, -0.05) is 0 Å². The molecule has 112 valence electrons. The van der Waals surface area contributed by atoms with Crippen molar-refractivity contribution in [3.05, 3.63) is 23.4 Å². The summed E-state index contributed by atoms with van der Waals surface area (Å²) in [7, 11) is 0. The maximum Gasteiger partial charge on any atom is 0.433 e. The van der Waals surface area contributed by atoms with Gasteiger partial charge in [0, 0.05) is 12.6 Å². The number of aromatic carboxylic acids is 1. The SMILES string of the molecule is Cl.O=C(O)c1cc(O[C@@H]2CCNC2)nc(C(F)(F)F)c1. The Morgan fingerprint density at radius 3 is 2.65 bits per heavy atom. The van der Waals surface area contributed by atoms with E-state index in [9.17, 15) is 18.0 Å². The maximum absolute atomic E-state index is 12.6. The molecule has 20 heavy (non-hydrogen) atoms. The molecule has 0 amide bonds. The Bertz CT molecular complexity index is 490.